The Balaban J connectivity index is 2.18. The van der Waals surface area contributed by atoms with E-state index in [1.807, 2.05) is 24.0 Å². The average molecular weight is 253 g/mol. The fourth-order valence-electron chi connectivity index (χ4n) is 2.57. The van der Waals surface area contributed by atoms with Crippen LogP contribution in [0.3, 0.4) is 0 Å². The highest BCUT2D eigenvalue weighted by Crippen LogP contribution is 2.36. The van der Waals surface area contributed by atoms with E-state index < -0.39 is 0 Å². The standard InChI is InChI=1S/C13H23N3O2/c1-3-16-10-11(9-15-16)12(14)13(18-4-2)5-7-17-8-6-13/h9-10,12H,3-8,14H2,1-2H3. The Hall–Kier alpha value is -0.910. The van der Waals surface area contributed by atoms with Gasteiger partial charge in [-0.3, -0.25) is 4.68 Å². The van der Waals surface area contributed by atoms with Gasteiger partial charge >= 0.3 is 0 Å². The highest BCUT2D eigenvalue weighted by molar-refractivity contribution is 5.16. The van der Waals surface area contributed by atoms with Gasteiger partial charge in [0, 0.05) is 51.0 Å². The molecule has 1 saturated heterocycles. The maximum atomic E-state index is 6.42. The lowest BCUT2D eigenvalue weighted by molar-refractivity contribution is -0.121. The molecule has 0 spiro atoms. The van der Waals surface area contributed by atoms with E-state index >= 15 is 0 Å². The number of ether oxygens (including phenoxy) is 2. The van der Waals surface area contributed by atoms with Crippen LogP contribution in [0, 0.1) is 0 Å². The summed E-state index contributed by atoms with van der Waals surface area (Å²) in [6, 6.07) is -0.137. The van der Waals surface area contributed by atoms with E-state index in [0.29, 0.717) is 6.61 Å². The molecule has 0 radical (unpaired) electrons. The highest BCUT2D eigenvalue weighted by atomic mass is 16.5. The molecule has 1 unspecified atom stereocenters. The predicted octanol–water partition coefficient (Wildman–Crippen LogP) is 1.49. The number of hydrogen-bond acceptors (Lipinski definition) is 4. The van der Waals surface area contributed by atoms with E-state index in [9.17, 15) is 0 Å². The molecule has 1 aromatic rings. The molecule has 18 heavy (non-hydrogen) atoms. The molecule has 0 aromatic carbocycles. The van der Waals surface area contributed by atoms with Crippen molar-refractivity contribution in [3.05, 3.63) is 18.0 Å². The van der Waals surface area contributed by atoms with E-state index in [2.05, 4.69) is 12.0 Å². The molecule has 1 fully saturated rings. The van der Waals surface area contributed by atoms with Crippen LogP contribution in [0.25, 0.3) is 0 Å². The molecule has 0 bridgehead atoms. The Labute approximate surface area is 108 Å². The number of rotatable bonds is 5. The number of aromatic nitrogens is 2. The third-order valence-corrected chi connectivity index (χ3v) is 3.67. The fraction of sp³-hybridized carbons (Fsp3) is 0.769. The van der Waals surface area contributed by atoms with E-state index in [4.69, 9.17) is 15.2 Å². The van der Waals surface area contributed by atoms with Crippen molar-refractivity contribution in [3.8, 4) is 0 Å². The molecule has 1 aliphatic heterocycles. The number of hydrogen-bond donors (Lipinski definition) is 1. The van der Waals surface area contributed by atoms with Gasteiger partial charge in [0.15, 0.2) is 0 Å². The molecule has 2 rings (SSSR count). The van der Waals surface area contributed by atoms with Crippen molar-refractivity contribution in [2.45, 2.75) is 44.9 Å². The van der Waals surface area contributed by atoms with E-state index in [1.165, 1.54) is 0 Å². The lowest BCUT2D eigenvalue weighted by Gasteiger charge is -2.41. The first-order valence-electron chi connectivity index (χ1n) is 6.71. The van der Waals surface area contributed by atoms with Crippen molar-refractivity contribution in [2.24, 2.45) is 5.73 Å². The topological polar surface area (TPSA) is 62.3 Å². The molecule has 0 saturated carbocycles. The monoisotopic (exact) mass is 253 g/mol. The minimum Gasteiger partial charge on any atom is -0.381 e. The van der Waals surface area contributed by atoms with Crippen molar-refractivity contribution >= 4 is 0 Å². The zero-order valence-electron chi connectivity index (χ0n) is 11.3. The highest BCUT2D eigenvalue weighted by Gasteiger charge is 2.40. The van der Waals surface area contributed by atoms with Crippen LogP contribution in [-0.4, -0.2) is 35.2 Å². The van der Waals surface area contributed by atoms with Crippen molar-refractivity contribution in [1.82, 2.24) is 9.78 Å². The van der Waals surface area contributed by atoms with Crippen molar-refractivity contribution < 1.29 is 9.47 Å². The minimum absolute atomic E-state index is 0.137. The number of nitrogens with two attached hydrogens (primary N) is 1. The zero-order chi connectivity index (χ0) is 13.0. The van der Waals surface area contributed by atoms with Gasteiger partial charge in [0.2, 0.25) is 0 Å². The summed E-state index contributed by atoms with van der Waals surface area (Å²) in [7, 11) is 0. The zero-order valence-corrected chi connectivity index (χ0v) is 11.3. The van der Waals surface area contributed by atoms with Gasteiger partial charge in [-0.25, -0.2) is 0 Å². The molecule has 2 heterocycles. The van der Waals surface area contributed by atoms with Gasteiger partial charge in [0.25, 0.3) is 0 Å². The van der Waals surface area contributed by atoms with Crippen LogP contribution < -0.4 is 5.73 Å². The molecule has 0 amide bonds. The van der Waals surface area contributed by atoms with Crippen LogP contribution in [0.5, 0.6) is 0 Å². The van der Waals surface area contributed by atoms with Crippen molar-refractivity contribution in [3.63, 3.8) is 0 Å². The summed E-state index contributed by atoms with van der Waals surface area (Å²) in [5.74, 6) is 0. The Morgan fingerprint density at radius 3 is 2.78 bits per heavy atom. The quantitative estimate of drug-likeness (QED) is 0.863. The first-order chi connectivity index (χ1) is 8.72. The molecular weight excluding hydrogens is 230 g/mol. The first-order valence-corrected chi connectivity index (χ1v) is 6.71. The third kappa shape index (κ3) is 2.58. The van der Waals surface area contributed by atoms with Crippen LogP contribution in [0.4, 0.5) is 0 Å². The lowest BCUT2D eigenvalue weighted by Crippen LogP contribution is -2.48. The van der Waals surface area contributed by atoms with Gasteiger partial charge in [-0.15, -0.1) is 0 Å². The Bertz CT molecular complexity index is 367. The fourth-order valence-corrected chi connectivity index (χ4v) is 2.57. The lowest BCUT2D eigenvalue weighted by atomic mass is 9.83. The van der Waals surface area contributed by atoms with Crippen LogP contribution in [0.15, 0.2) is 12.4 Å². The summed E-state index contributed by atoms with van der Waals surface area (Å²) in [4.78, 5) is 0. The molecule has 1 atom stereocenters. The summed E-state index contributed by atoms with van der Waals surface area (Å²) < 4.78 is 13.3. The van der Waals surface area contributed by atoms with E-state index in [-0.39, 0.29) is 11.6 Å². The second-order valence-electron chi connectivity index (χ2n) is 4.72. The van der Waals surface area contributed by atoms with E-state index in [0.717, 1.165) is 38.2 Å². The SMILES string of the molecule is CCOC1(C(N)c2cnn(CC)c2)CCOCC1. The van der Waals surface area contributed by atoms with Gasteiger partial charge < -0.3 is 15.2 Å². The molecule has 0 aliphatic carbocycles. The average Bonchev–Trinajstić information content (AvgIpc) is 2.88. The molecule has 2 N–H and O–H groups in total. The van der Waals surface area contributed by atoms with Crippen molar-refractivity contribution in [2.75, 3.05) is 19.8 Å². The molecule has 1 aliphatic rings. The summed E-state index contributed by atoms with van der Waals surface area (Å²) in [5.41, 5.74) is 7.18. The van der Waals surface area contributed by atoms with E-state index in [1.54, 1.807) is 0 Å². The Morgan fingerprint density at radius 1 is 1.50 bits per heavy atom. The van der Waals surface area contributed by atoms with Gasteiger partial charge in [-0.2, -0.15) is 5.10 Å². The Morgan fingerprint density at radius 2 is 2.22 bits per heavy atom. The van der Waals surface area contributed by atoms with Crippen LogP contribution >= 0.6 is 0 Å². The molecule has 5 heteroatoms. The first kappa shape index (κ1) is 13.5. The van der Waals surface area contributed by atoms with Gasteiger partial charge in [-0.05, 0) is 13.8 Å². The Kier molecular flexibility index (Phi) is 4.37. The van der Waals surface area contributed by atoms with Gasteiger partial charge in [-0.1, -0.05) is 0 Å². The second-order valence-corrected chi connectivity index (χ2v) is 4.72. The summed E-state index contributed by atoms with van der Waals surface area (Å²) in [5, 5.41) is 4.29. The number of nitrogens with zero attached hydrogens (tertiary/aromatic N) is 2. The van der Waals surface area contributed by atoms with Crippen LogP contribution in [0.2, 0.25) is 0 Å². The predicted molar refractivity (Wildman–Crippen MR) is 69.2 cm³/mol. The smallest absolute Gasteiger partial charge is 0.0918 e. The molecule has 102 valence electrons. The summed E-state index contributed by atoms with van der Waals surface area (Å²) >= 11 is 0. The van der Waals surface area contributed by atoms with Gasteiger partial charge in [0.05, 0.1) is 17.8 Å². The maximum absolute atomic E-state index is 6.42. The summed E-state index contributed by atoms with van der Waals surface area (Å²) in [6.45, 7) is 7.05. The molecule has 5 nitrogen and oxygen atoms in total. The number of aryl methyl sites for hydroxylation is 1. The largest absolute Gasteiger partial charge is 0.381 e. The van der Waals surface area contributed by atoms with Crippen LogP contribution in [0.1, 0.15) is 38.3 Å². The normalized spacial score (nSPS) is 20.8. The van der Waals surface area contributed by atoms with Gasteiger partial charge in [0.1, 0.15) is 0 Å². The third-order valence-electron chi connectivity index (χ3n) is 3.67. The van der Waals surface area contributed by atoms with Crippen molar-refractivity contribution in [1.29, 1.82) is 0 Å². The summed E-state index contributed by atoms with van der Waals surface area (Å²) in [6.07, 6.45) is 5.56. The maximum Gasteiger partial charge on any atom is 0.0918 e. The molecule has 1 aromatic heterocycles. The molecular formula is C13H23N3O2. The van der Waals surface area contributed by atoms with Crippen LogP contribution in [-0.2, 0) is 16.0 Å². The second kappa shape index (κ2) is 5.82. The minimum atomic E-state index is -0.297.